The maximum Gasteiger partial charge on any atom is 0.250 e. The summed E-state index contributed by atoms with van der Waals surface area (Å²) in [4.78, 5) is 14.1. The van der Waals surface area contributed by atoms with Gasteiger partial charge in [0.05, 0.1) is 23.3 Å². The maximum absolute atomic E-state index is 11.9. The van der Waals surface area contributed by atoms with E-state index in [9.17, 15) is 4.79 Å². The predicted molar refractivity (Wildman–Crippen MR) is 107 cm³/mol. The number of anilines is 2. The van der Waals surface area contributed by atoms with Crippen molar-refractivity contribution in [2.75, 3.05) is 23.7 Å². The van der Waals surface area contributed by atoms with Crippen molar-refractivity contribution >= 4 is 28.2 Å². The standard InChI is InChI=1S/C20H23N5O2/c1-11-9-25(10-12(2)27-11)18-8-14(20(22)26)16(21)7-15(18)19-13-5-3-4-6-17(13)23-24-19/h3-8,11-12H,9-10,21H2,1-2H3,(H2,22,26)(H,23,24)/t11-,12+. The van der Waals surface area contributed by atoms with Gasteiger partial charge in [-0.05, 0) is 32.0 Å². The molecule has 1 aliphatic rings. The lowest BCUT2D eigenvalue weighted by Crippen LogP contribution is -2.45. The lowest BCUT2D eigenvalue weighted by atomic mass is 9.99. The fourth-order valence-corrected chi connectivity index (χ4v) is 3.81. The average molecular weight is 365 g/mol. The third-order valence-corrected chi connectivity index (χ3v) is 4.92. The molecule has 7 heteroatoms. The Hall–Kier alpha value is -3.06. The number of hydrogen-bond acceptors (Lipinski definition) is 5. The quantitative estimate of drug-likeness (QED) is 0.618. The smallest absolute Gasteiger partial charge is 0.250 e. The second-order valence-corrected chi connectivity index (χ2v) is 7.10. The summed E-state index contributed by atoms with van der Waals surface area (Å²) in [6.07, 6.45) is 0.152. The van der Waals surface area contributed by atoms with Crippen LogP contribution in [0.5, 0.6) is 0 Å². The number of carbonyl (C=O) groups is 1. The van der Waals surface area contributed by atoms with Crippen molar-refractivity contribution in [3.8, 4) is 11.3 Å². The topological polar surface area (TPSA) is 110 Å². The number of carbonyl (C=O) groups excluding carboxylic acids is 1. The number of para-hydroxylation sites is 1. The summed E-state index contributed by atoms with van der Waals surface area (Å²) in [7, 11) is 0. The van der Waals surface area contributed by atoms with Gasteiger partial charge in [0.15, 0.2) is 0 Å². The number of nitrogens with one attached hydrogen (secondary N) is 1. The molecule has 0 unspecified atom stereocenters. The van der Waals surface area contributed by atoms with E-state index >= 15 is 0 Å². The van der Waals surface area contributed by atoms with E-state index in [1.54, 1.807) is 12.1 Å². The van der Waals surface area contributed by atoms with Crippen LogP contribution in [0.25, 0.3) is 22.2 Å². The van der Waals surface area contributed by atoms with Crippen LogP contribution in [-0.4, -0.2) is 41.4 Å². The van der Waals surface area contributed by atoms with Gasteiger partial charge in [-0.2, -0.15) is 5.10 Å². The van der Waals surface area contributed by atoms with E-state index in [0.717, 1.165) is 27.8 Å². The van der Waals surface area contributed by atoms with Gasteiger partial charge in [-0.25, -0.2) is 0 Å². The zero-order chi connectivity index (χ0) is 19.1. The summed E-state index contributed by atoms with van der Waals surface area (Å²) in [5.74, 6) is -0.540. The molecule has 0 radical (unpaired) electrons. The summed E-state index contributed by atoms with van der Waals surface area (Å²) in [5, 5.41) is 8.59. The van der Waals surface area contributed by atoms with Crippen LogP contribution in [0.3, 0.4) is 0 Å². The molecule has 2 aromatic carbocycles. The third kappa shape index (κ3) is 3.10. The van der Waals surface area contributed by atoms with Crippen LogP contribution in [-0.2, 0) is 4.74 Å². The zero-order valence-corrected chi connectivity index (χ0v) is 15.4. The molecule has 1 aromatic heterocycles. The van der Waals surface area contributed by atoms with Gasteiger partial charge in [0.2, 0.25) is 0 Å². The number of H-pyrrole nitrogens is 1. The van der Waals surface area contributed by atoms with E-state index in [1.807, 2.05) is 38.1 Å². The van der Waals surface area contributed by atoms with Gasteiger partial charge in [0, 0.05) is 35.4 Å². The number of aromatic amines is 1. The van der Waals surface area contributed by atoms with Crippen molar-refractivity contribution < 1.29 is 9.53 Å². The highest BCUT2D eigenvalue weighted by Crippen LogP contribution is 2.38. The second-order valence-electron chi connectivity index (χ2n) is 7.10. The van der Waals surface area contributed by atoms with Crippen molar-refractivity contribution in [3.05, 3.63) is 42.0 Å². The molecule has 0 saturated carbocycles. The van der Waals surface area contributed by atoms with E-state index in [2.05, 4.69) is 15.1 Å². The number of nitrogen functional groups attached to an aromatic ring is 1. The Bertz CT molecular complexity index is 1000. The van der Waals surface area contributed by atoms with E-state index < -0.39 is 5.91 Å². The van der Waals surface area contributed by atoms with Crippen molar-refractivity contribution in [3.63, 3.8) is 0 Å². The third-order valence-electron chi connectivity index (χ3n) is 4.92. The normalized spacial score (nSPS) is 20.1. The predicted octanol–water partition coefficient (Wildman–Crippen LogP) is 2.52. The summed E-state index contributed by atoms with van der Waals surface area (Å²) in [6.45, 7) is 5.50. The number of hydrogen-bond donors (Lipinski definition) is 3. The molecular formula is C20H23N5O2. The number of nitrogens with zero attached hydrogens (tertiary/aromatic N) is 2. The first kappa shape index (κ1) is 17.4. The fourth-order valence-electron chi connectivity index (χ4n) is 3.81. The lowest BCUT2D eigenvalue weighted by Gasteiger charge is -2.38. The van der Waals surface area contributed by atoms with Gasteiger partial charge in [-0.3, -0.25) is 9.89 Å². The molecule has 3 aromatic rings. The highest BCUT2D eigenvalue weighted by molar-refractivity contribution is 6.03. The fraction of sp³-hybridized carbons (Fsp3) is 0.300. The maximum atomic E-state index is 11.9. The van der Waals surface area contributed by atoms with E-state index in [4.69, 9.17) is 16.2 Å². The van der Waals surface area contributed by atoms with Gasteiger partial charge in [0.1, 0.15) is 5.69 Å². The van der Waals surface area contributed by atoms with Crippen LogP contribution in [0.2, 0.25) is 0 Å². The Kier molecular flexibility index (Phi) is 4.24. The number of amides is 1. The van der Waals surface area contributed by atoms with Crippen LogP contribution in [0.15, 0.2) is 36.4 Å². The monoisotopic (exact) mass is 365 g/mol. The van der Waals surface area contributed by atoms with Gasteiger partial charge in [0.25, 0.3) is 5.91 Å². The van der Waals surface area contributed by atoms with Crippen LogP contribution >= 0.6 is 0 Å². The summed E-state index contributed by atoms with van der Waals surface area (Å²) in [5.41, 5.74) is 15.9. The lowest BCUT2D eigenvalue weighted by molar-refractivity contribution is -0.00518. The molecule has 1 fully saturated rings. The van der Waals surface area contributed by atoms with Crippen molar-refractivity contribution in [2.24, 2.45) is 5.73 Å². The molecule has 2 atom stereocenters. The first-order chi connectivity index (χ1) is 12.9. The minimum Gasteiger partial charge on any atom is -0.398 e. The number of benzene rings is 2. The Morgan fingerprint density at radius 3 is 2.63 bits per heavy atom. The molecule has 1 aliphatic heterocycles. The number of aromatic nitrogens is 2. The molecule has 0 bridgehead atoms. The minimum absolute atomic E-state index is 0.0760. The van der Waals surface area contributed by atoms with E-state index in [1.165, 1.54) is 0 Å². The molecule has 27 heavy (non-hydrogen) atoms. The number of primary amides is 1. The molecule has 5 N–H and O–H groups in total. The van der Waals surface area contributed by atoms with E-state index in [-0.39, 0.29) is 12.2 Å². The Morgan fingerprint density at radius 1 is 1.22 bits per heavy atom. The summed E-state index contributed by atoms with van der Waals surface area (Å²) in [6, 6.07) is 11.5. The van der Waals surface area contributed by atoms with E-state index in [0.29, 0.717) is 24.3 Å². The molecule has 0 aliphatic carbocycles. The molecule has 7 nitrogen and oxygen atoms in total. The van der Waals surface area contributed by atoms with Crippen LogP contribution in [0, 0.1) is 0 Å². The van der Waals surface area contributed by atoms with Gasteiger partial charge in [-0.1, -0.05) is 18.2 Å². The molecule has 1 saturated heterocycles. The molecule has 0 spiro atoms. The molecule has 1 amide bonds. The molecule has 140 valence electrons. The largest absolute Gasteiger partial charge is 0.398 e. The Balaban J connectivity index is 1.92. The summed E-state index contributed by atoms with van der Waals surface area (Å²) >= 11 is 0. The molecule has 4 rings (SSSR count). The highest BCUT2D eigenvalue weighted by atomic mass is 16.5. The SMILES string of the molecule is C[C@@H]1CN(c2cc(C(N)=O)c(N)cc2-c2n[nH]c3ccccc23)C[C@H](C)O1. The van der Waals surface area contributed by atoms with Crippen molar-refractivity contribution in [1.29, 1.82) is 0 Å². The number of fused-ring (bicyclic) bond motifs is 1. The zero-order valence-electron chi connectivity index (χ0n) is 15.4. The van der Waals surface area contributed by atoms with Gasteiger partial charge < -0.3 is 21.1 Å². The number of nitrogens with two attached hydrogens (primary N) is 2. The Morgan fingerprint density at radius 2 is 1.93 bits per heavy atom. The molecular weight excluding hydrogens is 342 g/mol. The first-order valence-electron chi connectivity index (χ1n) is 9.01. The Labute approximate surface area is 157 Å². The van der Waals surface area contributed by atoms with Gasteiger partial charge in [-0.15, -0.1) is 0 Å². The van der Waals surface area contributed by atoms with Crippen molar-refractivity contribution in [1.82, 2.24) is 10.2 Å². The average Bonchev–Trinajstić information content (AvgIpc) is 3.04. The van der Waals surface area contributed by atoms with Crippen molar-refractivity contribution in [2.45, 2.75) is 26.1 Å². The summed E-state index contributed by atoms with van der Waals surface area (Å²) < 4.78 is 5.86. The number of ether oxygens (including phenoxy) is 1. The minimum atomic E-state index is -0.540. The number of morpholine rings is 1. The van der Waals surface area contributed by atoms with Gasteiger partial charge >= 0.3 is 0 Å². The van der Waals surface area contributed by atoms with Crippen LogP contribution < -0.4 is 16.4 Å². The van der Waals surface area contributed by atoms with Crippen LogP contribution in [0.1, 0.15) is 24.2 Å². The first-order valence-corrected chi connectivity index (χ1v) is 9.01. The van der Waals surface area contributed by atoms with Crippen LogP contribution in [0.4, 0.5) is 11.4 Å². The second kappa shape index (κ2) is 6.59. The molecule has 2 heterocycles. The highest BCUT2D eigenvalue weighted by Gasteiger charge is 2.27. The number of rotatable bonds is 3.